The average molecular weight is 405 g/mol. The standard InChI is InChI=1S/C17H20F5N5O/c1-25(7-15(21)22)16(28)8-27-14-5-11(20)10(19)4-13(14)24-17(27)26-3-2-9(18)12(23)6-26/h4-5,9,12,15H,2-3,6-8,23H2,1H3/t9-,12-/m1/s1. The number of piperidine rings is 1. The molecule has 0 spiro atoms. The van der Waals surface area contributed by atoms with Gasteiger partial charge in [-0.2, -0.15) is 0 Å². The molecule has 11 heteroatoms. The van der Waals surface area contributed by atoms with E-state index >= 15 is 0 Å². The second kappa shape index (κ2) is 7.90. The molecule has 0 unspecified atom stereocenters. The average Bonchev–Trinajstić information content (AvgIpc) is 2.94. The molecule has 2 atom stereocenters. The van der Waals surface area contributed by atoms with E-state index in [1.165, 1.54) is 11.6 Å². The number of nitrogens with two attached hydrogens (primary N) is 1. The van der Waals surface area contributed by atoms with Gasteiger partial charge in [-0.15, -0.1) is 0 Å². The number of benzene rings is 1. The minimum atomic E-state index is -2.71. The van der Waals surface area contributed by atoms with Gasteiger partial charge >= 0.3 is 0 Å². The van der Waals surface area contributed by atoms with Crippen molar-refractivity contribution in [1.82, 2.24) is 14.5 Å². The third-order valence-electron chi connectivity index (χ3n) is 4.75. The van der Waals surface area contributed by atoms with Gasteiger partial charge in [0.15, 0.2) is 11.6 Å². The smallest absolute Gasteiger partial charge is 0.255 e. The maximum absolute atomic E-state index is 13.8. The van der Waals surface area contributed by atoms with E-state index < -0.39 is 49.3 Å². The molecule has 1 aliphatic heterocycles. The summed E-state index contributed by atoms with van der Waals surface area (Å²) < 4.78 is 67.5. The van der Waals surface area contributed by atoms with Crippen molar-refractivity contribution >= 4 is 22.9 Å². The van der Waals surface area contributed by atoms with Crippen LogP contribution in [-0.4, -0.2) is 65.7 Å². The van der Waals surface area contributed by atoms with Crippen molar-refractivity contribution < 1.29 is 26.7 Å². The summed E-state index contributed by atoms with van der Waals surface area (Å²) in [4.78, 5) is 19.1. The van der Waals surface area contributed by atoms with Crippen molar-refractivity contribution in [2.75, 3.05) is 31.6 Å². The Morgan fingerprint density at radius 3 is 2.68 bits per heavy atom. The number of hydrogen-bond donors (Lipinski definition) is 1. The van der Waals surface area contributed by atoms with Gasteiger partial charge < -0.3 is 20.1 Å². The van der Waals surface area contributed by atoms with E-state index in [1.54, 1.807) is 4.90 Å². The summed E-state index contributed by atoms with van der Waals surface area (Å²) in [6.07, 6.45) is -3.77. The minimum Gasteiger partial charge on any atom is -0.340 e. The lowest BCUT2D eigenvalue weighted by Gasteiger charge is -2.34. The fourth-order valence-electron chi connectivity index (χ4n) is 3.20. The van der Waals surface area contributed by atoms with Crippen LogP contribution in [0.25, 0.3) is 11.0 Å². The van der Waals surface area contributed by atoms with E-state index in [0.717, 1.165) is 17.0 Å². The van der Waals surface area contributed by atoms with Crippen molar-refractivity contribution in [3.8, 4) is 0 Å². The normalized spacial score (nSPS) is 20.2. The van der Waals surface area contributed by atoms with Crippen LogP contribution < -0.4 is 10.6 Å². The molecule has 2 aromatic rings. The van der Waals surface area contributed by atoms with Gasteiger partial charge in [0.2, 0.25) is 11.9 Å². The van der Waals surface area contributed by atoms with Gasteiger partial charge in [0.25, 0.3) is 6.43 Å². The number of likely N-dealkylation sites (N-methyl/N-ethyl adjacent to an activating group) is 1. The Kier molecular flexibility index (Phi) is 5.73. The number of rotatable bonds is 5. The largest absolute Gasteiger partial charge is 0.340 e. The molecule has 2 N–H and O–H groups in total. The van der Waals surface area contributed by atoms with Crippen LogP contribution >= 0.6 is 0 Å². The zero-order valence-electron chi connectivity index (χ0n) is 15.1. The summed E-state index contributed by atoms with van der Waals surface area (Å²) in [5.74, 6) is -2.71. The number of halogens is 5. The van der Waals surface area contributed by atoms with Crippen LogP contribution in [0.1, 0.15) is 6.42 Å². The Labute approximate surface area is 157 Å². The van der Waals surface area contributed by atoms with Gasteiger partial charge in [-0.3, -0.25) is 4.79 Å². The van der Waals surface area contributed by atoms with Crippen molar-refractivity contribution in [1.29, 1.82) is 0 Å². The van der Waals surface area contributed by atoms with E-state index in [0.29, 0.717) is 0 Å². The highest BCUT2D eigenvalue weighted by molar-refractivity contribution is 5.83. The maximum atomic E-state index is 13.8. The summed E-state index contributed by atoms with van der Waals surface area (Å²) in [6.45, 7) is -0.840. The highest BCUT2D eigenvalue weighted by Crippen LogP contribution is 2.27. The van der Waals surface area contributed by atoms with E-state index in [9.17, 15) is 26.7 Å². The topological polar surface area (TPSA) is 67.4 Å². The molecule has 6 nitrogen and oxygen atoms in total. The number of fused-ring (bicyclic) bond motifs is 1. The van der Waals surface area contributed by atoms with Gasteiger partial charge in [0.05, 0.1) is 23.6 Å². The first kappa shape index (κ1) is 20.3. The van der Waals surface area contributed by atoms with E-state index in [-0.39, 0.29) is 36.5 Å². The Balaban J connectivity index is 2.00. The summed E-state index contributed by atoms with van der Waals surface area (Å²) >= 11 is 0. The van der Waals surface area contributed by atoms with Crippen LogP contribution in [0.4, 0.5) is 27.9 Å². The maximum Gasteiger partial charge on any atom is 0.255 e. The number of carbonyl (C=O) groups is 1. The molecule has 28 heavy (non-hydrogen) atoms. The van der Waals surface area contributed by atoms with Gasteiger partial charge in [-0.1, -0.05) is 0 Å². The Morgan fingerprint density at radius 2 is 2.04 bits per heavy atom. The highest BCUT2D eigenvalue weighted by atomic mass is 19.3. The number of hydrogen-bond acceptors (Lipinski definition) is 4. The first-order valence-electron chi connectivity index (χ1n) is 8.69. The number of carbonyl (C=O) groups excluding carboxylic acids is 1. The number of amides is 1. The van der Waals surface area contributed by atoms with E-state index in [2.05, 4.69) is 4.98 Å². The quantitative estimate of drug-likeness (QED) is 0.772. The highest BCUT2D eigenvalue weighted by Gasteiger charge is 2.30. The second-order valence-electron chi connectivity index (χ2n) is 6.83. The van der Waals surface area contributed by atoms with Gasteiger partial charge in [0, 0.05) is 32.3 Å². The fourth-order valence-corrected chi connectivity index (χ4v) is 3.20. The molecule has 0 radical (unpaired) electrons. The van der Waals surface area contributed by atoms with Crippen LogP contribution in [0.3, 0.4) is 0 Å². The fraction of sp³-hybridized carbons (Fsp3) is 0.529. The molecule has 1 saturated heterocycles. The molecule has 0 saturated carbocycles. The molecule has 1 aromatic heterocycles. The Hall–Kier alpha value is -2.43. The van der Waals surface area contributed by atoms with Crippen LogP contribution in [0.2, 0.25) is 0 Å². The first-order valence-corrected chi connectivity index (χ1v) is 8.69. The Morgan fingerprint density at radius 1 is 1.36 bits per heavy atom. The molecule has 1 amide bonds. The number of nitrogens with zero attached hydrogens (tertiary/aromatic N) is 4. The molecule has 0 bridgehead atoms. The number of alkyl halides is 3. The predicted octanol–water partition coefficient (Wildman–Crippen LogP) is 1.91. The van der Waals surface area contributed by atoms with Gasteiger partial charge in [-0.05, 0) is 6.42 Å². The monoisotopic (exact) mass is 405 g/mol. The SMILES string of the molecule is CN(CC(F)F)C(=O)Cn1c(N2CC[C@@H](F)[C@H](N)C2)nc2cc(F)c(F)cc21. The molecular weight excluding hydrogens is 385 g/mol. The molecule has 2 heterocycles. The van der Waals surface area contributed by atoms with E-state index in [1.807, 2.05) is 0 Å². The predicted molar refractivity (Wildman–Crippen MR) is 93.0 cm³/mol. The minimum absolute atomic E-state index is 0.0918. The summed E-state index contributed by atoms with van der Waals surface area (Å²) in [7, 11) is 1.22. The molecule has 1 aliphatic rings. The van der Waals surface area contributed by atoms with Crippen molar-refractivity contribution in [3.05, 3.63) is 23.8 Å². The lowest BCUT2D eigenvalue weighted by molar-refractivity contribution is -0.132. The second-order valence-corrected chi connectivity index (χ2v) is 6.83. The lowest BCUT2D eigenvalue weighted by Crippen LogP contribution is -2.50. The lowest BCUT2D eigenvalue weighted by atomic mass is 10.1. The Bertz CT molecular complexity index is 873. The molecule has 154 valence electrons. The van der Waals surface area contributed by atoms with Crippen molar-refractivity contribution in [2.24, 2.45) is 5.73 Å². The number of anilines is 1. The van der Waals surface area contributed by atoms with Crippen LogP contribution in [0.5, 0.6) is 0 Å². The van der Waals surface area contributed by atoms with Gasteiger partial charge in [0.1, 0.15) is 12.7 Å². The third kappa shape index (κ3) is 4.03. The zero-order chi connectivity index (χ0) is 20.6. The van der Waals surface area contributed by atoms with Gasteiger partial charge in [-0.25, -0.2) is 26.9 Å². The molecule has 1 fully saturated rings. The zero-order valence-corrected chi connectivity index (χ0v) is 15.1. The van der Waals surface area contributed by atoms with Crippen LogP contribution in [0, 0.1) is 11.6 Å². The third-order valence-corrected chi connectivity index (χ3v) is 4.75. The first-order chi connectivity index (χ1) is 13.2. The van der Waals surface area contributed by atoms with Crippen LogP contribution in [-0.2, 0) is 11.3 Å². The molecule has 0 aliphatic carbocycles. The molecular formula is C17H20F5N5O. The van der Waals surface area contributed by atoms with Crippen molar-refractivity contribution in [2.45, 2.75) is 31.6 Å². The number of aromatic nitrogens is 2. The molecule has 1 aromatic carbocycles. The molecule has 3 rings (SSSR count). The van der Waals surface area contributed by atoms with Crippen LogP contribution in [0.15, 0.2) is 12.1 Å². The summed E-state index contributed by atoms with van der Waals surface area (Å²) in [5, 5.41) is 0. The van der Waals surface area contributed by atoms with E-state index in [4.69, 9.17) is 5.73 Å². The number of imidazole rings is 1. The summed E-state index contributed by atoms with van der Waals surface area (Å²) in [5.41, 5.74) is 5.99. The van der Waals surface area contributed by atoms with Crippen molar-refractivity contribution in [3.63, 3.8) is 0 Å². The summed E-state index contributed by atoms with van der Waals surface area (Å²) in [6, 6.07) is 0.996.